The lowest BCUT2D eigenvalue weighted by Crippen LogP contribution is -2.29. The minimum absolute atomic E-state index is 0.00604. The van der Waals surface area contributed by atoms with E-state index in [1.165, 1.54) is 19.1 Å². The van der Waals surface area contributed by atoms with Gasteiger partial charge in [0.1, 0.15) is 0 Å². The average molecular weight is 483 g/mol. The molecule has 1 heterocycles. The molecule has 0 aliphatic carbocycles. The van der Waals surface area contributed by atoms with Gasteiger partial charge < -0.3 is 0 Å². The monoisotopic (exact) mass is 482 g/mol. The number of halogens is 4. The van der Waals surface area contributed by atoms with Crippen LogP contribution in [-0.2, 0) is 31.0 Å². The number of nitrogens with one attached hydrogen (secondary N) is 1. The molecule has 3 rings (SSSR count). The summed E-state index contributed by atoms with van der Waals surface area (Å²) in [6.07, 6.45) is -4.86. The molecule has 0 atom stereocenters. The van der Waals surface area contributed by atoms with Crippen molar-refractivity contribution in [3.8, 4) is 0 Å². The summed E-state index contributed by atoms with van der Waals surface area (Å²) in [7, 11) is -8.05. The van der Waals surface area contributed by atoms with Crippen LogP contribution in [0, 0.1) is 6.92 Å². The van der Waals surface area contributed by atoms with Gasteiger partial charge in [-0.1, -0.05) is 11.6 Å². The molecule has 30 heavy (non-hydrogen) atoms. The molecule has 162 valence electrons. The number of alkyl halides is 3. The van der Waals surface area contributed by atoms with Gasteiger partial charge in [-0.05, 0) is 48.9 Å². The number of carbonyl (C=O) groups excluding carboxylic acids is 1. The van der Waals surface area contributed by atoms with Crippen LogP contribution in [0.4, 0.5) is 24.5 Å². The second-order valence-electron chi connectivity index (χ2n) is 6.47. The number of hydrogen-bond acceptors (Lipinski definition) is 5. The van der Waals surface area contributed by atoms with Crippen molar-refractivity contribution >= 4 is 48.9 Å². The molecule has 0 saturated carbocycles. The van der Waals surface area contributed by atoms with Crippen molar-refractivity contribution in [2.24, 2.45) is 0 Å². The number of hydrogen-bond donors (Lipinski definition) is 1. The van der Waals surface area contributed by atoms with Crippen molar-refractivity contribution < 1.29 is 34.8 Å². The molecule has 0 aromatic heterocycles. The predicted molar refractivity (Wildman–Crippen MR) is 104 cm³/mol. The van der Waals surface area contributed by atoms with Crippen molar-refractivity contribution in [1.29, 1.82) is 0 Å². The van der Waals surface area contributed by atoms with Gasteiger partial charge >= 0.3 is 6.18 Å². The maximum Gasteiger partial charge on any atom is 0.417 e. The second kappa shape index (κ2) is 7.43. The van der Waals surface area contributed by atoms with E-state index in [1.807, 2.05) is 0 Å². The van der Waals surface area contributed by atoms with Gasteiger partial charge in [-0.2, -0.15) is 13.2 Å². The lowest BCUT2D eigenvalue weighted by atomic mass is 10.2. The first-order chi connectivity index (χ1) is 13.7. The number of benzene rings is 2. The van der Waals surface area contributed by atoms with E-state index in [4.69, 9.17) is 11.6 Å². The Balaban J connectivity index is 1.92. The van der Waals surface area contributed by atoms with Gasteiger partial charge in [-0.3, -0.25) is 9.52 Å². The summed E-state index contributed by atoms with van der Waals surface area (Å²) < 4.78 is 90.5. The van der Waals surface area contributed by atoms with Crippen LogP contribution < -0.4 is 9.03 Å². The van der Waals surface area contributed by atoms with Crippen LogP contribution in [0.25, 0.3) is 0 Å². The summed E-state index contributed by atoms with van der Waals surface area (Å²) in [5.74, 6) is -0.955. The van der Waals surface area contributed by atoms with E-state index in [-0.39, 0.29) is 34.0 Å². The lowest BCUT2D eigenvalue weighted by Gasteiger charge is -2.17. The van der Waals surface area contributed by atoms with Crippen LogP contribution in [-0.4, -0.2) is 28.5 Å². The summed E-state index contributed by atoms with van der Waals surface area (Å²) in [5, 5.41) is -0.674. The molecule has 7 nitrogen and oxygen atoms in total. The maximum absolute atomic E-state index is 12.8. The van der Waals surface area contributed by atoms with E-state index in [2.05, 4.69) is 4.72 Å². The molecule has 1 amide bonds. The molecule has 2 aromatic rings. The van der Waals surface area contributed by atoms with Crippen LogP contribution in [0.15, 0.2) is 41.3 Å². The summed E-state index contributed by atoms with van der Waals surface area (Å²) >= 11 is 5.60. The summed E-state index contributed by atoms with van der Waals surface area (Å²) in [5.41, 5.74) is -1.16. The van der Waals surface area contributed by atoms with E-state index in [0.29, 0.717) is 10.4 Å². The number of anilines is 2. The molecule has 0 bridgehead atoms. The first-order valence-corrected chi connectivity index (χ1v) is 11.8. The molecule has 0 spiro atoms. The second-order valence-corrected chi connectivity index (χ2v) is 10.5. The molecule has 13 heteroatoms. The molecule has 0 unspecified atom stereocenters. The predicted octanol–water partition coefficient (Wildman–Crippen LogP) is 3.53. The SMILES string of the molecule is Cc1cc(N2C(=O)CCS2(=O)=O)ccc1S(=O)(=O)Nc1ccc(C(F)(F)F)c(Cl)c1. The zero-order valence-electron chi connectivity index (χ0n) is 15.2. The zero-order valence-corrected chi connectivity index (χ0v) is 17.6. The van der Waals surface area contributed by atoms with Crippen LogP contribution >= 0.6 is 11.6 Å². The molecule has 1 fully saturated rings. The average Bonchev–Trinajstić information content (AvgIpc) is 2.85. The quantitative estimate of drug-likeness (QED) is 0.718. The van der Waals surface area contributed by atoms with Gasteiger partial charge in [0.05, 0.1) is 32.6 Å². The molecule has 1 aliphatic heterocycles. The Morgan fingerprint density at radius 1 is 1.13 bits per heavy atom. The number of rotatable bonds is 4. The molecule has 0 radical (unpaired) electrons. The topological polar surface area (TPSA) is 101 Å². The standard InChI is InChI=1S/C17H14ClF3N2O5S2/c1-10-8-12(23-16(24)6-7-29(23,25)26)3-5-15(10)30(27,28)22-11-2-4-13(14(18)9-11)17(19,20)21/h2-5,8-9,22H,6-7H2,1H3. The van der Waals surface area contributed by atoms with Crippen LogP contribution in [0.5, 0.6) is 0 Å². The first-order valence-electron chi connectivity index (χ1n) is 8.28. The molecule has 1 saturated heterocycles. The van der Waals surface area contributed by atoms with Crippen molar-refractivity contribution in [1.82, 2.24) is 0 Å². The smallest absolute Gasteiger partial charge is 0.280 e. The highest BCUT2D eigenvalue weighted by Crippen LogP contribution is 2.36. The van der Waals surface area contributed by atoms with Gasteiger partial charge in [0.15, 0.2) is 0 Å². The number of aryl methyl sites for hydroxylation is 1. The third kappa shape index (κ3) is 4.25. The third-order valence-electron chi connectivity index (χ3n) is 4.29. The molecule has 1 aliphatic rings. The van der Waals surface area contributed by atoms with Crippen molar-refractivity contribution in [2.45, 2.75) is 24.4 Å². The largest absolute Gasteiger partial charge is 0.417 e. The number of sulfonamides is 2. The van der Waals surface area contributed by atoms with Crippen LogP contribution in [0.2, 0.25) is 5.02 Å². The normalized spacial score (nSPS) is 16.7. The van der Waals surface area contributed by atoms with Gasteiger partial charge in [0, 0.05) is 6.42 Å². The van der Waals surface area contributed by atoms with E-state index in [0.717, 1.165) is 18.2 Å². The summed E-state index contributed by atoms with van der Waals surface area (Å²) in [6, 6.07) is 5.92. The molecule has 2 aromatic carbocycles. The van der Waals surface area contributed by atoms with Crippen molar-refractivity contribution in [3.63, 3.8) is 0 Å². The van der Waals surface area contributed by atoms with Crippen LogP contribution in [0.1, 0.15) is 17.5 Å². The Bertz CT molecular complexity index is 1240. The minimum Gasteiger partial charge on any atom is -0.280 e. The van der Waals surface area contributed by atoms with Gasteiger partial charge in [-0.25, -0.2) is 21.1 Å². The Labute approximate surface area is 175 Å². The van der Waals surface area contributed by atoms with Crippen molar-refractivity contribution in [2.75, 3.05) is 14.8 Å². The van der Waals surface area contributed by atoms with E-state index in [1.54, 1.807) is 0 Å². The Hall–Kier alpha value is -2.31. The summed E-state index contributed by atoms with van der Waals surface area (Å²) in [6.45, 7) is 1.39. The Morgan fingerprint density at radius 2 is 1.80 bits per heavy atom. The van der Waals surface area contributed by atoms with E-state index in [9.17, 15) is 34.8 Å². The fraction of sp³-hybridized carbons (Fsp3) is 0.235. The van der Waals surface area contributed by atoms with Crippen molar-refractivity contribution in [3.05, 3.63) is 52.5 Å². The highest BCUT2D eigenvalue weighted by Gasteiger charge is 2.37. The highest BCUT2D eigenvalue weighted by molar-refractivity contribution is 7.94. The van der Waals surface area contributed by atoms with Crippen LogP contribution in [0.3, 0.4) is 0 Å². The zero-order chi connectivity index (χ0) is 22.5. The minimum atomic E-state index is -4.69. The van der Waals surface area contributed by atoms with E-state index >= 15 is 0 Å². The lowest BCUT2D eigenvalue weighted by molar-refractivity contribution is -0.137. The number of carbonyl (C=O) groups is 1. The molecular formula is C17H14ClF3N2O5S2. The highest BCUT2D eigenvalue weighted by atomic mass is 35.5. The van der Waals surface area contributed by atoms with Gasteiger partial charge in [0.2, 0.25) is 15.9 Å². The maximum atomic E-state index is 12.8. The Morgan fingerprint density at radius 3 is 2.30 bits per heavy atom. The number of nitrogens with zero attached hydrogens (tertiary/aromatic N) is 1. The number of amides is 1. The Kier molecular flexibility index (Phi) is 5.54. The fourth-order valence-corrected chi connectivity index (χ4v) is 5.97. The molecular weight excluding hydrogens is 469 g/mol. The van der Waals surface area contributed by atoms with Gasteiger partial charge in [-0.15, -0.1) is 0 Å². The van der Waals surface area contributed by atoms with E-state index < -0.39 is 42.7 Å². The summed E-state index contributed by atoms with van der Waals surface area (Å²) in [4.78, 5) is 11.6. The van der Waals surface area contributed by atoms with Gasteiger partial charge in [0.25, 0.3) is 10.0 Å². The fourth-order valence-electron chi connectivity index (χ4n) is 2.95. The first kappa shape index (κ1) is 22.4. The third-order valence-corrected chi connectivity index (χ3v) is 7.83. The molecule has 1 N–H and O–H groups in total.